The molecule has 0 heterocycles. The summed E-state index contributed by atoms with van der Waals surface area (Å²) in [7, 11) is 0. The van der Waals surface area contributed by atoms with Crippen LogP contribution in [0.2, 0.25) is 0 Å². The number of carbonyl (C=O) groups is 1. The Bertz CT molecular complexity index is 387. The first-order chi connectivity index (χ1) is 7.93. The molecule has 17 heavy (non-hydrogen) atoms. The van der Waals surface area contributed by atoms with Crippen molar-refractivity contribution in [3.8, 4) is 0 Å². The average molecular weight is 238 g/mol. The van der Waals surface area contributed by atoms with Crippen molar-refractivity contribution in [1.82, 2.24) is 0 Å². The van der Waals surface area contributed by atoms with Gasteiger partial charge in [0.1, 0.15) is 0 Å². The second-order valence-electron chi connectivity index (χ2n) is 4.46. The molecule has 0 spiro atoms. The van der Waals surface area contributed by atoms with E-state index in [1.54, 1.807) is 18.2 Å². The standard InChI is InChI=1S/C13H18O4/c1-8(2)11(14)7-12(15)9-5-3-4-6-10(9)13(16)17/h3-6,8,11-12,14-15H,7H2,1-2H3,(H,16,17). The van der Waals surface area contributed by atoms with E-state index < -0.39 is 18.2 Å². The number of rotatable bonds is 5. The van der Waals surface area contributed by atoms with Crippen LogP contribution in [0.5, 0.6) is 0 Å². The Morgan fingerprint density at radius 2 is 1.82 bits per heavy atom. The summed E-state index contributed by atoms with van der Waals surface area (Å²) in [4.78, 5) is 11.0. The number of hydrogen-bond donors (Lipinski definition) is 3. The molecular weight excluding hydrogens is 220 g/mol. The highest BCUT2D eigenvalue weighted by Crippen LogP contribution is 2.24. The number of aliphatic hydroxyl groups is 2. The minimum Gasteiger partial charge on any atom is -0.478 e. The van der Waals surface area contributed by atoms with E-state index in [1.165, 1.54) is 6.07 Å². The molecule has 0 amide bonds. The van der Waals surface area contributed by atoms with Crippen molar-refractivity contribution in [1.29, 1.82) is 0 Å². The van der Waals surface area contributed by atoms with E-state index in [1.807, 2.05) is 13.8 Å². The van der Waals surface area contributed by atoms with Crippen molar-refractivity contribution in [3.05, 3.63) is 35.4 Å². The molecule has 1 aromatic carbocycles. The van der Waals surface area contributed by atoms with Crippen molar-refractivity contribution in [2.45, 2.75) is 32.5 Å². The molecule has 94 valence electrons. The van der Waals surface area contributed by atoms with Crippen LogP contribution in [-0.2, 0) is 0 Å². The molecule has 0 aliphatic carbocycles. The molecule has 0 aliphatic heterocycles. The molecule has 0 radical (unpaired) electrons. The molecule has 0 saturated carbocycles. The Morgan fingerprint density at radius 1 is 1.24 bits per heavy atom. The van der Waals surface area contributed by atoms with Gasteiger partial charge in [0, 0.05) is 6.42 Å². The van der Waals surface area contributed by atoms with E-state index in [4.69, 9.17) is 5.11 Å². The number of benzene rings is 1. The fourth-order valence-corrected chi connectivity index (χ4v) is 1.61. The van der Waals surface area contributed by atoms with E-state index in [2.05, 4.69) is 0 Å². The molecule has 4 nitrogen and oxygen atoms in total. The minimum absolute atomic E-state index is 0.0293. The summed E-state index contributed by atoms with van der Waals surface area (Å²) in [5, 5.41) is 28.6. The molecular formula is C13H18O4. The summed E-state index contributed by atoms with van der Waals surface area (Å²) in [6, 6.07) is 6.30. The fraction of sp³-hybridized carbons (Fsp3) is 0.462. The third-order valence-electron chi connectivity index (χ3n) is 2.78. The van der Waals surface area contributed by atoms with Gasteiger partial charge in [-0.3, -0.25) is 0 Å². The number of carboxylic acids is 1. The highest BCUT2D eigenvalue weighted by molar-refractivity contribution is 5.89. The van der Waals surface area contributed by atoms with Crippen LogP contribution in [0.4, 0.5) is 0 Å². The molecule has 0 bridgehead atoms. The van der Waals surface area contributed by atoms with Gasteiger partial charge in [-0.25, -0.2) is 4.79 Å². The third kappa shape index (κ3) is 3.54. The van der Waals surface area contributed by atoms with Crippen LogP contribution < -0.4 is 0 Å². The van der Waals surface area contributed by atoms with Gasteiger partial charge in [0.25, 0.3) is 0 Å². The van der Waals surface area contributed by atoms with Crippen LogP contribution in [0.15, 0.2) is 24.3 Å². The summed E-state index contributed by atoms with van der Waals surface area (Å²) >= 11 is 0. The van der Waals surface area contributed by atoms with Crippen molar-refractivity contribution in [2.75, 3.05) is 0 Å². The van der Waals surface area contributed by atoms with Crippen LogP contribution in [0, 0.1) is 5.92 Å². The van der Waals surface area contributed by atoms with Crippen molar-refractivity contribution >= 4 is 5.97 Å². The van der Waals surface area contributed by atoms with Crippen LogP contribution in [0.1, 0.15) is 42.3 Å². The van der Waals surface area contributed by atoms with Gasteiger partial charge in [-0.05, 0) is 17.5 Å². The maximum absolute atomic E-state index is 11.0. The van der Waals surface area contributed by atoms with Gasteiger partial charge in [0.15, 0.2) is 0 Å². The number of hydrogen-bond acceptors (Lipinski definition) is 3. The van der Waals surface area contributed by atoms with Crippen LogP contribution in [-0.4, -0.2) is 27.4 Å². The summed E-state index contributed by atoms with van der Waals surface area (Å²) in [6.07, 6.45) is -1.46. The summed E-state index contributed by atoms with van der Waals surface area (Å²) in [5.74, 6) is -1.04. The Labute approximate surface area is 101 Å². The predicted octanol–water partition coefficient (Wildman–Crippen LogP) is 1.83. The van der Waals surface area contributed by atoms with Gasteiger partial charge in [0.05, 0.1) is 17.8 Å². The highest BCUT2D eigenvalue weighted by atomic mass is 16.4. The van der Waals surface area contributed by atoms with Gasteiger partial charge in [-0.15, -0.1) is 0 Å². The first kappa shape index (κ1) is 13.7. The molecule has 0 saturated heterocycles. The maximum Gasteiger partial charge on any atom is 0.336 e. The normalized spacial score (nSPS) is 14.6. The number of aromatic carboxylic acids is 1. The smallest absolute Gasteiger partial charge is 0.336 e. The quantitative estimate of drug-likeness (QED) is 0.731. The second kappa shape index (κ2) is 5.80. The van der Waals surface area contributed by atoms with Crippen molar-refractivity contribution in [3.63, 3.8) is 0 Å². The molecule has 0 aliphatic rings. The molecule has 3 N–H and O–H groups in total. The molecule has 0 fully saturated rings. The Morgan fingerprint density at radius 3 is 2.35 bits per heavy atom. The predicted molar refractivity (Wildman–Crippen MR) is 63.8 cm³/mol. The third-order valence-corrected chi connectivity index (χ3v) is 2.78. The van der Waals surface area contributed by atoms with Gasteiger partial charge in [-0.1, -0.05) is 32.0 Å². The molecule has 0 aromatic heterocycles. The zero-order valence-electron chi connectivity index (χ0n) is 10.00. The fourth-order valence-electron chi connectivity index (χ4n) is 1.61. The average Bonchev–Trinajstić information content (AvgIpc) is 2.28. The van der Waals surface area contributed by atoms with Crippen molar-refractivity contribution < 1.29 is 20.1 Å². The lowest BCUT2D eigenvalue weighted by atomic mass is 9.94. The maximum atomic E-state index is 11.0. The van der Waals surface area contributed by atoms with E-state index >= 15 is 0 Å². The Balaban J connectivity index is 2.88. The topological polar surface area (TPSA) is 77.8 Å². The summed E-state index contributed by atoms with van der Waals surface area (Å²) in [6.45, 7) is 3.70. The van der Waals surface area contributed by atoms with Gasteiger partial charge in [-0.2, -0.15) is 0 Å². The van der Waals surface area contributed by atoms with E-state index in [0.29, 0.717) is 5.56 Å². The Kier molecular flexibility index (Phi) is 4.66. The van der Waals surface area contributed by atoms with Gasteiger partial charge < -0.3 is 15.3 Å². The Hall–Kier alpha value is -1.39. The van der Waals surface area contributed by atoms with Crippen LogP contribution in [0.3, 0.4) is 0 Å². The zero-order chi connectivity index (χ0) is 13.0. The zero-order valence-corrected chi connectivity index (χ0v) is 10.00. The van der Waals surface area contributed by atoms with E-state index in [-0.39, 0.29) is 17.9 Å². The SMILES string of the molecule is CC(C)C(O)CC(O)c1ccccc1C(=O)O. The molecule has 2 atom stereocenters. The number of carboxylic acid groups (broad SMARTS) is 1. The summed E-state index contributed by atoms with van der Waals surface area (Å²) in [5.41, 5.74) is 0.427. The molecule has 1 rings (SSSR count). The lowest BCUT2D eigenvalue weighted by Crippen LogP contribution is -2.19. The van der Waals surface area contributed by atoms with Crippen LogP contribution in [0.25, 0.3) is 0 Å². The van der Waals surface area contributed by atoms with Crippen LogP contribution >= 0.6 is 0 Å². The molecule has 4 heteroatoms. The number of aliphatic hydroxyl groups excluding tert-OH is 2. The minimum atomic E-state index is -1.07. The second-order valence-corrected chi connectivity index (χ2v) is 4.46. The van der Waals surface area contributed by atoms with Crippen molar-refractivity contribution in [2.24, 2.45) is 5.92 Å². The van der Waals surface area contributed by atoms with Gasteiger partial charge in [0.2, 0.25) is 0 Å². The summed E-state index contributed by atoms with van der Waals surface area (Å²) < 4.78 is 0. The highest BCUT2D eigenvalue weighted by Gasteiger charge is 2.20. The van der Waals surface area contributed by atoms with E-state index in [0.717, 1.165) is 0 Å². The molecule has 1 aromatic rings. The van der Waals surface area contributed by atoms with Gasteiger partial charge >= 0.3 is 5.97 Å². The monoisotopic (exact) mass is 238 g/mol. The first-order valence-corrected chi connectivity index (χ1v) is 5.61. The molecule has 2 unspecified atom stereocenters. The largest absolute Gasteiger partial charge is 0.478 e. The lowest BCUT2D eigenvalue weighted by molar-refractivity contribution is 0.0509. The van der Waals surface area contributed by atoms with E-state index in [9.17, 15) is 15.0 Å². The first-order valence-electron chi connectivity index (χ1n) is 5.61. The lowest BCUT2D eigenvalue weighted by Gasteiger charge is -2.19.